The number of allylic oxidation sites excluding steroid dienone is 2. The summed E-state index contributed by atoms with van der Waals surface area (Å²) in [5.74, 6) is -1.03. The van der Waals surface area contributed by atoms with E-state index >= 15 is 0 Å². The second-order valence-corrected chi connectivity index (χ2v) is 10.8. The first kappa shape index (κ1) is 34.8. The van der Waals surface area contributed by atoms with Crippen molar-refractivity contribution >= 4 is 17.8 Å². The van der Waals surface area contributed by atoms with Crippen LogP contribution in [0.3, 0.4) is 0 Å². The maximum Gasteiger partial charge on any atom is 0.305 e. The number of hydrogen-bond acceptors (Lipinski definition) is 6. The number of ether oxygens (including phenoxy) is 2. The average Bonchev–Trinajstić information content (AvgIpc) is 3.06. The van der Waals surface area contributed by atoms with Crippen LogP contribution in [0.15, 0.2) is 110 Å². The number of unbranched alkanes of at least 4 members (excludes halogenated alkanes) is 1. The first-order chi connectivity index (χ1) is 21.9. The van der Waals surface area contributed by atoms with E-state index in [1.54, 1.807) is 12.2 Å². The molecule has 3 aromatic carbocycles. The molecule has 3 aromatic rings. The largest absolute Gasteiger partial charge is 0.489 e. The van der Waals surface area contributed by atoms with E-state index in [0.29, 0.717) is 25.9 Å². The predicted molar refractivity (Wildman–Crippen MR) is 175 cm³/mol. The minimum atomic E-state index is -0.697. The standard InChI is InChI=1S/C37H44N2O6/c1-3-5-8-18-36(42)45-27-34(30-16-11-7-12-17-30)39-37(43)31(13-4-2)24-35(41)38-32(25-40)23-28-19-21-33(22-20-28)44-26-29-14-9-6-10-15-29/h3-4,6-7,9-12,14-17,19-22,31-32,34,40H,1-2,5,8,13,18,23-27H2,(H,38,41)(H,39,43)/t31-,32+,34+/m1/s1. The monoisotopic (exact) mass is 612 g/mol. The number of hydrogen-bond donors (Lipinski definition) is 3. The number of nitrogens with one attached hydrogen (secondary N) is 2. The van der Waals surface area contributed by atoms with Crippen LogP contribution in [0.4, 0.5) is 0 Å². The van der Waals surface area contributed by atoms with E-state index in [-0.39, 0.29) is 50.3 Å². The lowest BCUT2D eigenvalue weighted by Gasteiger charge is -2.23. The van der Waals surface area contributed by atoms with Gasteiger partial charge in [0.2, 0.25) is 11.8 Å². The molecule has 0 aliphatic rings. The molecule has 3 rings (SSSR count). The van der Waals surface area contributed by atoms with E-state index in [2.05, 4.69) is 23.8 Å². The highest BCUT2D eigenvalue weighted by Crippen LogP contribution is 2.19. The summed E-state index contributed by atoms with van der Waals surface area (Å²) in [5.41, 5.74) is 2.77. The van der Waals surface area contributed by atoms with Gasteiger partial charge in [0.1, 0.15) is 19.0 Å². The second kappa shape index (κ2) is 19.6. The Hall–Kier alpha value is -4.69. The van der Waals surface area contributed by atoms with E-state index in [1.807, 2.05) is 84.9 Å². The van der Waals surface area contributed by atoms with Crippen molar-refractivity contribution < 1.29 is 29.0 Å². The molecule has 0 bridgehead atoms. The van der Waals surface area contributed by atoms with Gasteiger partial charge >= 0.3 is 5.97 Å². The lowest BCUT2D eigenvalue weighted by molar-refractivity contribution is -0.145. The molecule has 0 saturated heterocycles. The summed E-state index contributed by atoms with van der Waals surface area (Å²) in [6.07, 6.45) is 5.56. The number of carbonyl (C=O) groups is 3. The number of benzene rings is 3. The Labute approximate surface area is 266 Å². The van der Waals surface area contributed by atoms with Crippen molar-refractivity contribution in [3.05, 3.63) is 127 Å². The van der Waals surface area contributed by atoms with Crippen LogP contribution in [0.2, 0.25) is 0 Å². The summed E-state index contributed by atoms with van der Waals surface area (Å²) in [4.78, 5) is 38.6. The molecule has 0 aliphatic heterocycles. The minimum Gasteiger partial charge on any atom is -0.489 e. The van der Waals surface area contributed by atoms with Gasteiger partial charge in [0.05, 0.1) is 24.6 Å². The SMILES string of the molecule is C=CCCCC(=O)OC[C@H](NC(=O)[C@H](CC=C)CC(=O)N[C@H](CO)Cc1ccc(OCc2ccccc2)cc1)c1ccccc1. The summed E-state index contributed by atoms with van der Waals surface area (Å²) in [5, 5.41) is 15.8. The maximum absolute atomic E-state index is 13.4. The molecule has 45 heavy (non-hydrogen) atoms. The van der Waals surface area contributed by atoms with Crippen LogP contribution in [0.5, 0.6) is 5.75 Å². The first-order valence-electron chi connectivity index (χ1n) is 15.3. The van der Waals surface area contributed by atoms with Gasteiger partial charge in [-0.1, -0.05) is 84.9 Å². The van der Waals surface area contributed by atoms with Crippen LogP contribution in [0.1, 0.15) is 54.8 Å². The molecule has 3 atom stereocenters. The summed E-state index contributed by atoms with van der Waals surface area (Å²) < 4.78 is 11.3. The van der Waals surface area contributed by atoms with Gasteiger partial charge in [0.25, 0.3) is 0 Å². The summed E-state index contributed by atoms with van der Waals surface area (Å²) in [6.45, 7) is 7.59. The number of amides is 2. The molecule has 0 heterocycles. The van der Waals surface area contributed by atoms with Crippen LogP contribution in [0, 0.1) is 5.92 Å². The zero-order chi connectivity index (χ0) is 32.3. The maximum atomic E-state index is 13.4. The van der Waals surface area contributed by atoms with Gasteiger partial charge in [0.15, 0.2) is 0 Å². The van der Waals surface area contributed by atoms with Crippen LogP contribution >= 0.6 is 0 Å². The van der Waals surface area contributed by atoms with Crippen molar-refractivity contribution in [2.75, 3.05) is 13.2 Å². The van der Waals surface area contributed by atoms with Crippen LogP contribution < -0.4 is 15.4 Å². The second-order valence-electron chi connectivity index (χ2n) is 10.8. The van der Waals surface area contributed by atoms with Gasteiger partial charge in [0, 0.05) is 12.8 Å². The van der Waals surface area contributed by atoms with Crippen molar-refractivity contribution in [3.8, 4) is 5.75 Å². The number of rotatable bonds is 20. The Bertz CT molecular complexity index is 1340. The molecule has 0 unspecified atom stereocenters. The van der Waals surface area contributed by atoms with Crippen molar-refractivity contribution in [2.45, 2.75) is 57.2 Å². The minimum absolute atomic E-state index is 0.0294. The number of carbonyl (C=O) groups excluding carboxylic acids is 3. The zero-order valence-corrected chi connectivity index (χ0v) is 25.7. The van der Waals surface area contributed by atoms with E-state index in [1.165, 1.54) is 0 Å². The van der Waals surface area contributed by atoms with Gasteiger partial charge < -0.3 is 25.2 Å². The van der Waals surface area contributed by atoms with Gasteiger partial charge in [-0.05, 0) is 54.5 Å². The molecular weight excluding hydrogens is 568 g/mol. The van der Waals surface area contributed by atoms with Crippen molar-refractivity contribution in [1.29, 1.82) is 0 Å². The molecular formula is C37H44N2O6. The van der Waals surface area contributed by atoms with Gasteiger partial charge in [-0.15, -0.1) is 13.2 Å². The third-order valence-corrected chi connectivity index (χ3v) is 7.21. The fourth-order valence-electron chi connectivity index (χ4n) is 4.74. The van der Waals surface area contributed by atoms with Crippen molar-refractivity contribution in [2.24, 2.45) is 5.92 Å². The molecule has 0 spiro atoms. The normalized spacial score (nSPS) is 12.6. The summed E-state index contributed by atoms with van der Waals surface area (Å²) in [6, 6.07) is 25.5. The molecule has 8 nitrogen and oxygen atoms in total. The molecule has 8 heteroatoms. The molecule has 0 radical (unpaired) electrons. The Morgan fingerprint density at radius 2 is 1.53 bits per heavy atom. The quantitative estimate of drug-likeness (QED) is 0.0867. The lowest BCUT2D eigenvalue weighted by atomic mass is 9.97. The smallest absolute Gasteiger partial charge is 0.305 e. The third-order valence-electron chi connectivity index (χ3n) is 7.21. The van der Waals surface area contributed by atoms with E-state index < -0.39 is 18.0 Å². The van der Waals surface area contributed by atoms with E-state index in [9.17, 15) is 19.5 Å². The Morgan fingerprint density at radius 1 is 0.844 bits per heavy atom. The Morgan fingerprint density at radius 3 is 2.18 bits per heavy atom. The molecule has 2 amide bonds. The van der Waals surface area contributed by atoms with Crippen LogP contribution in [-0.2, 0) is 32.1 Å². The molecule has 3 N–H and O–H groups in total. The third kappa shape index (κ3) is 12.8. The Kier molecular flexibility index (Phi) is 15.1. The summed E-state index contributed by atoms with van der Waals surface area (Å²) >= 11 is 0. The molecule has 0 saturated carbocycles. The van der Waals surface area contributed by atoms with Gasteiger partial charge in [-0.2, -0.15) is 0 Å². The highest BCUT2D eigenvalue weighted by molar-refractivity contribution is 5.86. The Balaban J connectivity index is 1.55. The number of aliphatic hydroxyl groups excluding tert-OH is 1. The number of aliphatic hydroxyl groups is 1. The summed E-state index contributed by atoms with van der Waals surface area (Å²) in [7, 11) is 0. The molecule has 238 valence electrons. The van der Waals surface area contributed by atoms with E-state index in [0.717, 1.165) is 22.4 Å². The molecule has 0 aliphatic carbocycles. The molecule has 0 aromatic heterocycles. The fraction of sp³-hybridized carbons (Fsp3) is 0.324. The fourth-order valence-corrected chi connectivity index (χ4v) is 4.74. The highest BCUT2D eigenvalue weighted by Gasteiger charge is 2.26. The van der Waals surface area contributed by atoms with Crippen molar-refractivity contribution in [1.82, 2.24) is 10.6 Å². The van der Waals surface area contributed by atoms with E-state index in [4.69, 9.17) is 9.47 Å². The van der Waals surface area contributed by atoms with Crippen LogP contribution in [0.25, 0.3) is 0 Å². The van der Waals surface area contributed by atoms with Gasteiger partial charge in [-0.25, -0.2) is 0 Å². The average molecular weight is 613 g/mol. The zero-order valence-electron chi connectivity index (χ0n) is 25.7. The molecule has 0 fully saturated rings. The first-order valence-corrected chi connectivity index (χ1v) is 15.3. The highest BCUT2D eigenvalue weighted by atomic mass is 16.5. The van der Waals surface area contributed by atoms with Crippen LogP contribution in [-0.4, -0.2) is 42.1 Å². The number of esters is 1. The predicted octanol–water partition coefficient (Wildman–Crippen LogP) is 5.62. The van der Waals surface area contributed by atoms with Gasteiger partial charge in [-0.3, -0.25) is 14.4 Å². The topological polar surface area (TPSA) is 114 Å². The van der Waals surface area contributed by atoms with Crippen molar-refractivity contribution in [3.63, 3.8) is 0 Å². The lowest BCUT2D eigenvalue weighted by Crippen LogP contribution is -2.42.